The Morgan fingerprint density at radius 3 is 2.44 bits per heavy atom. The average molecular weight is 550 g/mol. The fourth-order valence-electron chi connectivity index (χ4n) is 3.03. The van der Waals surface area contributed by atoms with Crippen molar-refractivity contribution in [2.75, 3.05) is 39.0 Å². The molecule has 13 heteroatoms. The van der Waals surface area contributed by atoms with E-state index in [-0.39, 0.29) is 23.0 Å². The van der Waals surface area contributed by atoms with Crippen molar-refractivity contribution in [3.05, 3.63) is 52.9 Å². The summed E-state index contributed by atoms with van der Waals surface area (Å²) in [5, 5.41) is -0.954. The van der Waals surface area contributed by atoms with Gasteiger partial charge in [-0.2, -0.15) is 13.2 Å². The van der Waals surface area contributed by atoms with Crippen molar-refractivity contribution in [1.82, 2.24) is 4.90 Å². The normalized spacial score (nSPS) is 13.6. The Kier molecular flexibility index (Phi) is 10.1. The molecule has 0 atom stereocenters. The third kappa shape index (κ3) is 8.10. The minimum Gasteiger partial charge on any atom is -0.463 e. The van der Waals surface area contributed by atoms with Crippen LogP contribution in [0, 0.1) is 0 Å². The summed E-state index contributed by atoms with van der Waals surface area (Å²) < 4.78 is 74.0. The van der Waals surface area contributed by atoms with E-state index >= 15 is 0 Å². The fraction of sp³-hybridized carbons (Fsp3) is 0.391. The first-order valence-corrected chi connectivity index (χ1v) is 13.1. The Bertz CT molecular complexity index is 1240. The van der Waals surface area contributed by atoms with Gasteiger partial charge in [0.15, 0.2) is 15.6 Å². The molecule has 2 N–H and O–H groups in total. The zero-order valence-electron chi connectivity index (χ0n) is 19.9. The second-order valence-electron chi connectivity index (χ2n) is 7.60. The third-order valence-electron chi connectivity index (χ3n) is 5.07. The first-order valence-electron chi connectivity index (χ1n) is 10.8. The lowest BCUT2D eigenvalue weighted by Crippen LogP contribution is -2.28. The van der Waals surface area contributed by atoms with Gasteiger partial charge < -0.3 is 19.8 Å². The summed E-state index contributed by atoms with van der Waals surface area (Å²) in [6.07, 6.45) is -3.92. The van der Waals surface area contributed by atoms with Crippen LogP contribution in [0.25, 0.3) is 11.3 Å². The molecule has 0 fully saturated rings. The van der Waals surface area contributed by atoms with Gasteiger partial charge in [-0.3, -0.25) is 9.79 Å². The average Bonchev–Trinajstić information content (AvgIpc) is 3.30. The Hall–Kier alpha value is -2.83. The maximum atomic E-state index is 13.2. The van der Waals surface area contributed by atoms with E-state index in [1.165, 1.54) is 30.3 Å². The minimum atomic E-state index is -4.96. The van der Waals surface area contributed by atoms with Crippen LogP contribution in [0.4, 0.5) is 13.2 Å². The molecule has 8 nitrogen and oxygen atoms in total. The van der Waals surface area contributed by atoms with E-state index in [9.17, 15) is 26.4 Å². The van der Waals surface area contributed by atoms with Crippen molar-refractivity contribution in [2.45, 2.75) is 24.9 Å². The Morgan fingerprint density at radius 1 is 1.19 bits per heavy atom. The molecule has 0 aliphatic heterocycles. The summed E-state index contributed by atoms with van der Waals surface area (Å²) in [7, 11) is -3.51. The molecule has 0 saturated carbocycles. The van der Waals surface area contributed by atoms with Crippen molar-refractivity contribution >= 4 is 33.1 Å². The summed E-state index contributed by atoms with van der Waals surface area (Å²) in [4.78, 5) is 18.1. The fourth-order valence-corrected chi connectivity index (χ4v) is 3.95. The predicted octanol–water partition coefficient (Wildman–Crippen LogP) is 4.00. The summed E-state index contributed by atoms with van der Waals surface area (Å²) in [5.74, 6) is -0.842. The number of ether oxygens (including phenoxy) is 1. The number of allylic oxidation sites excluding steroid dienone is 2. The number of hydrogen-bond donors (Lipinski definition) is 1. The number of furan rings is 1. The van der Waals surface area contributed by atoms with Gasteiger partial charge in [-0.15, -0.1) is 0 Å². The van der Waals surface area contributed by atoms with Crippen molar-refractivity contribution in [2.24, 2.45) is 10.7 Å². The van der Waals surface area contributed by atoms with Crippen molar-refractivity contribution < 1.29 is 35.5 Å². The highest BCUT2D eigenvalue weighted by molar-refractivity contribution is 7.90. The number of nitrogens with two attached hydrogens (primary N) is 1. The molecular weight excluding hydrogens is 523 g/mol. The smallest absolute Gasteiger partial charge is 0.432 e. The summed E-state index contributed by atoms with van der Waals surface area (Å²) in [6, 6.07) is 8.49. The number of hydrogen-bond acceptors (Lipinski definition) is 8. The molecule has 0 amide bonds. The quantitative estimate of drug-likeness (QED) is 0.333. The molecule has 2 rings (SSSR count). The van der Waals surface area contributed by atoms with Crippen LogP contribution in [0.1, 0.15) is 19.6 Å². The highest BCUT2D eigenvalue weighted by atomic mass is 35.5. The van der Waals surface area contributed by atoms with Crippen molar-refractivity contribution in [3.63, 3.8) is 0 Å². The molecule has 1 heterocycles. The van der Waals surface area contributed by atoms with Crippen LogP contribution < -0.4 is 5.73 Å². The van der Waals surface area contributed by atoms with E-state index in [1.54, 1.807) is 6.07 Å². The van der Waals surface area contributed by atoms with Crippen LogP contribution in [0.3, 0.4) is 0 Å². The number of esters is 1. The number of aliphatic imine (C=N–C) groups is 1. The molecule has 0 aliphatic carbocycles. The van der Waals surface area contributed by atoms with Gasteiger partial charge in [0.2, 0.25) is 0 Å². The number of carbonyl (C=O) groups excluding carboxylic acids is 1. The number of nitrogens with zero attached hydrogens (tertiary/aromatic N) is 2. The largest absolute Gasteiger partial charge is 0.463 e. The van der Waals surface area contributed by atoms with E-state index in [4.69, 9.17) is 26.5 Å². The first kappa shape index (κ1) is 29.4. The predicted molar refractivity (Wildman–Crippen MR) is 131 cm³/mol. The Labute approximate surface area is 212 Å². The summed E-state index contributed by atoms with van der Waals surface area (Å²) >= 11 is 5.93. The first-order chi connectivity index (χ1) is 16.8. The molecule has 0 bridgehead atoms. The lowest BCUT2D eigenvalue weighted by atomic mass is 10.2. The molecule has 2 aromatic rings. The Morgan fingerprint density at radius 2 is 1.86 bits per heavy atom. The molecule has 0 unspecified atom stereocenters. The van der Waals surface area contributed by atoms with Gasteiger partial charge in [-0.05, 0) is 37.4 Å². The molecule has 36 heavy (non-hydrogen) atoms. The number of benzene rings is 1. The maximum absolute atomic E-state index is 13.2. The Balaban J connectivity index is 2.37. The van der Waals surface area contributed by atoms with Crippen LogP contribution in [0.2, 0.25) is 0 Å². The van der Waals surface area contributed by atoms with E-state index in [2.05, 4.69) is 4.99 Å². The maximum Gasteiger partial charge on any atom is 0.432 e. The van der Waals surface area contributed by atoms with E-state index in [0.29, 0.717) is 12.1 Å². The molecule has 198 valence electrons. The van der Waals surface area contributed by atoms with E-state index in [1.807, 2.05) is 18.7 Å². The highest BCUT2D eigenvalue weighted by Gasteiger charge is 2.36. The number of halogens is 4. The summed E-state index contributed by atoms with van der Waals surface area (Å²) in [5.41, 5.74) is 3.41. The number of likely N-dealkylation sites (N-methyl/N-ethyl adjacent to an activating group) is 1. The highest BCUT2D eigenvalue weighted by Crippen LogP contribution is 2.30. The van der Waals surface area contributed by atoms with Crippen LogP contribution in [-0.4, -0.2) is 70.2 Å². The zero-order valence-corrected chi connectivity index (χ0v) is 21.5. The van der Waals surface area contributed by atoms with Gasteiger partial charge in [0, 0.05) is 18.4 Å². The molecular formula is C23H27ClF3N3O5S. The molecule has 0 aliphatic rings. The number of sulfone groups is 1. The van der Waals surface area contributed by atoms with E-state index in [0.717, 1.165) is 19.3 Å². The topological polar surface area (TPSA) is 115 Å². The third-order valence-corrected chi connectivity index (χ3v) is 6.56. The second kappa shape index (κ2) is 12.4. The van der Waals surface area contributed by atoms with Gasteiger partial charge in [-0.1, -0.05) is 37.6 Å². The van der Waals surface area contributed by atoms with Crippen molar-refractivity contribution in [1.29, 1.82) is 0 Å². The van der Waals surface area contributed by atoms with Gasteiger partial charge in [-0.25, -0.2) is 8.42 Å². The van der Waals surface area contributed by atoms with Crippen LogP contribution >= 0.6 is 11.6 Å². The lowest BCUT2D eigenvalue weighted by Gasteiger charge is -2.17. The van der Waals surface area contributed by atoms with Gasteiger partial charge in [0.05, 0.1) is 9.93 Å². The number of alkyl halides is 3. The zero-order chi connectivity index (χ0) is 27.1. The van der Waals surface area contributed by atoms with Gasteiger partial charge in [0.25, 0.3) is 0 Å². The molecule has 1 aromatic heterocycles. The van der Waals surface area contributed by atoms with E-state index < -0.39 is 45.0 Å². The lowest BCUT2D eigenvalue weighted by molar-refractivity contribution is -0.142. The second-order valence-corrected chi connectivity index (χ2v) is 10.00. The number of rotatable bonds is 11. The minimum absolute atomic E-state index is 0.0264. The van der Waals surface area contributed by atoms with Gasteiger partial charge >= 0.3 is 12.1 Å². The molecule has 0 radical (unpaired) electrons. The molecule has 0 saturated heterocycles. The van der Waals surface area contributed by atoms with Crippen LogP contribution in [0.5, 0.6) is 0 Å². The standard InChI is InChI=1S/C23H27ClF3N3O5S/c1-4-30(5-2)11-12-34-19(31)14-29-21(20(24)22(28)23(25,26)27)18-10-9-17(35-18)15-7-6-8-16(13-15)36(3,32)33/h6-10,13H,4-5,11-12,14,28H2,1-3H3. The SMILES string of the molecule is CCN(CC)CCOC(=O)CN=C(C(Cl)=C(N)C(F)(F)F)c1ccc(-c2cccc(S(C)(=O)=O)c2)o1. The van der Waals surface area contributed by atoms with Gasteiger partial charge in [0.1, 0.15) is 30.3 Å². The van der Waals surface area contributed by atoms with Crippen LogP contribution in [-0.2, 0) is 19.4 Å². The van der Waals surface area contributed by atoms with Crippen LogP contribution in [0.15, 0.2) is 61.4 Å². The monoisotopic (exact) mass is 549 g/mol. The number of carbonyl (C=O) groups is 1. The molecule has 1 aromatic carbocycles. The molecule has 0 spiro atoms. The summed E-state index contributed by atoms with van der Waals surface area (Å²) in [6.45, 7) is 5.39. The van der Waals surface area contributed by atoms with Crippen molar-refractivity contribution in [3.8, 4) is 11.3 Å².